The molecule has 0 bridgehead atoms. The Morgan fingerprint density at radius 3 is 2.57 bits per heavy atom. The summed E-state index contributed by atoms with van der Waals surface area (Å²) in [6, 6.07) is 10.1. The lowest BCUT2D eigenvalue weighted by atomic mass is 10.1. The number of aryl methyl sites for hydroxylation is 1. The van der Waals surface area contributed by atoms with E-state index in [0.29, 0.717) is 5.82 Å². The average Bonchev–Trinajstić information content (AvgIpc) is 3.00. The number of rotatable bonds is 2. The van der Waals surface area contributed by atoms with Crippen LogP contribution in [0, 0.1) is 6.92 Å². The predicted octanol–water partition coefficient (Wildman–Crippen LogP) is 2.77. The van der Waals surface area contributed by atoms with E-state index in [9.17, 15) is 0 Å². The Labute approximate surface area is 132 Å². The first-order valence-electron chi connectivity index (χ1n) is 7.19. The van der Waals surface area contributed by atoms with E-state index in [1.54, 1.807) is 18.6 Å². The van der Waals surface area contributed by atoms with Crippen LogP contribution in [0.15, 0.2) is 55.2 Å². The van der Waals surface area contributed by atoms with Gasteiger partial charge >= 0.3 is 0 Å². The van der Waals surface area contributed by atoms with Crippen molar-refractivity contribution >= 4 is 16.9 Å². The van der Waals surface area contributed by atoms with E-state index in [2.05, 4.69) is 39.1 Å². The molecule has 0 amide bonds. The van der Waals surface area contributed by atoms with Crippen molar-refractivity contribution in [3.05, 3.63) is 60.8 Å². The second-order valence-corrected chi connectivity index (χ2v) is 5.31. The third-order valence-electron chi connectivity index (χ3n) is 3.78. The Balaban J connectivity index is 1.94. The monoisotopic (exact) mass is 302 g/mol. The van der Waals surface area contributed by atoms with Crippen molar-refractivity contribution in [2.45, 2.75) is 6.92 Å². The van der Waals surface area contributed by atoms with Crippen molar-refractivity contribution < 1.29 is 0 Å². The van der Waals surface area contributed by atoms with Gasteiger partial charge in [-0.3, -0.25) is 0 Å². The van der Waals surface area contributed by atoms with Gasteiger partial charge in [0.2, 0.25) is 0 Å². The second kappa shape index (κ2) is 5.17. The van der Waals surface area contributed by atoms with Gasteiger partial charge in [-0.25, -0.2) is 19.6 Å². The van der Waals surface area contributed by atoms with Crippen LogP contribution >= 0.6 is 0 Å². The lowest BCUT2D eigenvalue weighted by molar-refractivity contribution is 0.896. The molecule has 6 heteroatoms. The molecule has 0 radical (unpaired) electrons. The van der Waals surface area contributed by atoms with Gasteiger partial charge in [0.25, 0.3) is 0 Å². The standard InChI is InChI=1S/C17H14N6/c1-11-2-4-12(5-3-11)23-17-15(9-22-23)13(6-7-20-17)14-8-19-10-21-16(14)18/h2-10H,1H3,(H2,18,19,21). The Kier molecular flexibility index (Phi) is 3.01. The van der Waals surface area contributed by atoms with Crippen LogP contribution in [-0.4, -0.2) is 24.7 Å². The van der Waals surface area contributed by atoms with Crippen LogP contribution in [0.2, 0.25) is 0 Å². The molecule has 2 N–H and O–H groups in total. The van der Waals surface area contributed by atoms with Gasteiger partial charge in [-0.2, -0.15) is 5.10 Å². The normalized spacial score (nSPS) is 11.0. The van der Waals surface area contributed by atoms with Gasteiger partial charge in [0.05, 0.1) is 11.9 Å². The Morgan fingerprint density at radius 2 is 1.78 bits per heavy atom. The van der Waals surface area contributed by atoms with Gasteiger partial charge in [0, 0.05) is 28.9 Å². The fraction of sp³-hybridized carbons (Fsp3) is 0.0588. The number of pyridine rings is 1. The molecule has 0 saturated carbocycles. The molecule has 0 saturated heterocycles. The molecule has 0 unspecified atom stereocenters. The topological polar surface area (TPSA) is 82.5 Å². The molecule has 0 aliphatic heterocycles. The number of nitrogens with two attached hydrogens (primary N) is 1. The van der Waals surface area contributed by atoms with E-state index >= 15 is 0 Å². The summed E-state index contributed by atoms with van der Waals surface area (Å²) in [7, 11) is 0. The molecule has 112 valence electrons. The van der Waals surface area contributed by atoms with Crippen molar-refractivity contribution in [3.8, 4) is 16.8 Å². The Hall–Kier alpha value is -3.28. The van der Waals surface area contributed by atoms with Gasteiger partial charge in [-0.15, -0.1) is 0 Å². The molecule has 0 atom stereocenters. The van der Waals surface area contributed by atoms with E-state index in [-0.39, 0.29) is 0 Å². The number of nitrogen functional groups attached to an aromatic ring is 1. The van der Waals surface area contributed by atoms with Crippen LogP contribution in [0.5, 0.6) is 0 Å². The maximum absolute atomic E-state index is 5.98. The molecule has 4 rings (SSSR count). The van der Waals surface area contributed by atoms with E-state index in [4.69, 9.17) is 5.73 Å². The summed E-state index contributed by atoms with van der Waals surface area (Å²) in [6.45, 7) is 2.06. The molecule has 0 spiro atoms. The minimum absolute atomic E-state index is 0.440. The lowest BCUT2D eigenvalue weighted by Gasteiger charge is -2.06. The van der Waals surface area contributed by atoms with Crippen molar-refractivity contribution in [2.24, 2.45) is 0 Å². The maximum atomic E-state index is 5.98. The predicted molar refractivity (Wildman–Crippen MR) is 89.0 cm³/mol. The van der Waals surface area contributed by atoms with Gasteiger partial charge in [-0.1, -0.05) is 17.7 Å². The molecule has 0 aliphatic carbocycles. The van der Waals surface area contributed by atoms with Crippen molar-refractivity contribution in [3.63, 3.8) is 0 Å². The number of fused-ring (bicyclic) bond motifs is 1. The van der Waals surface area contributed by atoms with Crippen molar-refractivity contribution in [1.29, 1.82) is 0 Å². The first-order valence-corrected chi connectivity index (χ1v) is 7.19. The van der Waals surface area contributed by atoms with Gasteiger partial charge in [-0.05, 0) is 25.1 Å². The van der Waals surface area contributed by atoms with E-state index in [1.165, 1.54) is 11.9 Å². The quantitative estimate of drug-likeness (QED) is 0.615. The van der Waals surface area contributed by atoms with Crippen LogP contribution in [0.25, 0.3) is 27.8 Å². The lowest BCUT2D eigenvalue weighted by Crippen LogP contribution is -1.98. The number of hydrogen-bond donors (Lipinski definition) is 1. The highest BCUT2D eigenvalue weighted by molar-refractivity contribution is 5.95. The Morgan fingerprint density at radius 1 is 0.957 bits per heavy atom. The first kappa shape index (κ1) is 13.4. The van der Waals surface area contributed by atoms with Gasteiger partial charge in [0.1, 0.15) is 12.1 Å². The largest absolute Gasteiger partial charge is 0.383 e. The zero-order valence-electron chi connectivity index (χ0n) is 12.5. The zero-order chi connectivity index (χ0) is 15.8. The van der Waals surface area contributed by atoms with Crippen LogP contribution in [0.3, 0.4) is 0 Å². The summed E-state index contributed by atoms with van der Waals surface area (Å²) in [5, 5.41) is 5.40. The smallest absolute Gasteiger partial charge is 0.163 e. The molecule has 3 aromatic heterocycles. The number of benzene rings is 1. The van der Waals surface area contributed by atoms with E-state index in [1.807, 2.05) is 22.9 Å². The molecule has 3 heterocycles. The number of nitrogens with zero attached hydrogens (tertiary/aromatic N) is 5. The van der Waals surface area contributed by atoms with Gasteiger partial charge < -0.3 is 5.73 Å². The fourth-order valence-corrected chi connectivity index (χ4v) is 2.58. The fourth-order valence-electron chi connectivity index (χ4n) is 2.58. The zero-order valence-corrected chi connectivity index (χ0v) is 12.5. The highest BCUT2D eigenvalue weighted by Gasteiger charge is 2.13. The molecule has 6 nitrogen and oxygen atoms in total. The van der Waals surface area contributed by atoms with Crippen LogP contribution in [-0.2, 0) is 0 Å². The molecular weight excluding hydrogens is 288 g/mol. The average molecular weight is 302 g/mol. The molecule has 1 aromatic carbocycles. The summed E-state index contributed by atoms with van der Waals surface area (Å²) >= 11 is 0. The van der Waals surface area contributed by atoms with Crippen LogP contribution in [0.1, 0.15) is 5.56 Å². The highest BCUT2D eigenvalue weighted by atomic mass is 15.3. The van der Waals surface area contributed by atoms with Crippen LogP contribution < -0.4 is 5.73 Å². The minimum atomic E-state index is 0.440. The van der Waals surface area contributed by atoms with Crippen molar-refractivity contribution in [1.82, 2.24) is 24.7 Å². The van der Waals surface area contributed by atoms with Crippen LogP contribution in [0.4, 0.5) is 5.82 Å². The summed E-state index contributed by atoms with van der Waals surface area (Å²) in [4.78, 5) is 12.6. The highest BCUT2D eigenvalue weighted by Crippen LogP contribution is 2.30. The number of anilines is 1. The summed E-state index contributed by atoms with van der Waals surface area (Å²) < 4.78 is 1.82. The Bertz CT molecular complexity index is 988. The van der Waals surface area contributed by atoms with E-state index in [0.717, 1.165) is 27.8 Å². The van der Waals surface area contributed by atoms with E-state index < -0.39 is 0 Å². The van der Waals surface area contributed by atoms with Gasteiger partial charge in [0.15, 0.2) is 5.65 Å². The van der Waals surface area contributed by atoms with Crippen molar-refractivity contribution in [2.75, 3.05) is 5.73 Å². The minimum Gasteiger partial charge on any atom is -0.383 e. The maximum Gasteiger partial charge on any atom is 0.163 e. The SMILES string of the molecule is Cc1ccc(-n2ncc3c(-c4cncnc4N)ccnc32)cc1. The first-order chi connectivity index (χ1) is 11.2. The molecule has 0 aliphatic rings. The third-order valence-corrected chi connectivity index (χ3v) is 3.78. The summed E-state index contributed by atoms with van der Waals surface area (Å²) in [5.41, 5.74) is 10.6. The molecule has 23 heavy (non-hydrogen) atoms. The number of aromatic nitrogens is 5. The second-order valence-electron chi connectivity index (χ2n) is 5.31. The molecule has 0 fully saturated rings. The molecule has 4 aromatic rings. The summed E-state index contributed by atoms with van der Waals surface area (Å²) in [5.74, 6) is 0.440. The summed E-state index contributed by atoms with van der Waals surface area (Å²) in [6.07, 6.45) is 6.69. The number of hydrogen-bond acceptors (Lipinski definition) is 5. The third kappa shape index (κ3) is 2.20. The molecular formula is C17H14N6.